The maximum atomic E-state index is 13.3. The Balaban J connectivity index is 2.22. The lowest BCUT2D eigenvalue weighted by atomic mass is 10.0. The van der Waals surface area contributed by atoms with Gasteiger partial charge in [-0.1, -0.05) is 11.6 Å². The van der Waals surface area contributed by atoms with Crippen LogP contribution in [0.25, 0.3) is 0 Å². The summed E-state index contributed by atoms with van der Waals surface area (Å²) in [6.45, 7) is 3.09. The highest BCUT2D eigenvalue weighted by Gasteiger charge is 2.42. The highest BCUT2D eigenvalue weighted by atomic mass is 35.5. The molecular formula is C16H12ClFN2O4. The summed E-state index contributed by atoms with van der Waals surface area (Å²) in [5, 5.41) is 11.0. The maximum absolute atomic E-state index is 13.3. The van der Waals surface area contributed by atoms with Gasteiger partial charge in [0.1, 0.15) is 5.82 Å². The normalized spacial score (nSPS) is 15.7. The van der Waals surface area contributed by atoms with Gasteiger partial charge in [0.05, 0.1) is 27.4 Å². The molecule has 24 heavy (non-hydrogen) atoms. The molecule has 3 rings (SSSR count). The van der Waals surface area contributed by atoms with E-state index in [1.54, 1.807) is 13.8 Å². The average Bonchev–Trinajstić information content (AvgIpc) is 2.49. The first-order chi connectivity index (χ1) is 11.2. The summed E-state index contributed by atoms with van der Waals surface area (Å²) in [6, 6.07) is 7.56. The van der Waals surface area contributed by atoms with Crippen LogP contribution in [-0.4, -0.2) is 16.4 Å². The third kappa shape index (κ3) is 2.56. The number of non-ortho nitro benzene ring substituents is 1. The third-order valence-electron chi connectivity index (χ3n) is 3.63. The molecule has 1 aliphatic heterocycles. The quantitative estimate of drug-likeness (QED) is 0.600. The standard InChI is InChI=1S/C16H12ClFN2O4/c1-16(2)15(21)19(12-5-3-9(18)7-11(12)17)13-6-4-10(20(22)23)8-14(13)24-16/h3-8H,1-2H3. The van der Waals surface area contributed by atoms with Gasteiger partial charge in [0.2, 0.25) is 0 Å². The summed E-state index contributed by atoms with van der Waals surface area (Å²) < 4.78 is 18.9. The Hall–Kier alpha value is -2.67. The molecule has 1 amide bonds. The van der Waals surface area contributed by atoms with Crippen molar-refractivity contribution in [3.8, 4) is 5.75 Å². The van der Waals surface area contributed by atoms with Crippen molar-refractivity contribution in [2.24, 2.45) is 0 Å². The van der Waals surface area contributed by atoms with Crippen molar-refractivity contribution >= 4 is 34.6 Å². The van der Waals surface area contributed by atoms with E-state index in [-0.39, 0.29) is 22.1 Å². The van der Waals surface area contributed by atoms with Gasteiger partial charge in [-0.15, -0.1) is 0 Å². The number of hydrogen-bond acceptors (Lipinski definition) is 4. The maximum Gasteiger partial charge on any atom is 0.275 e. The Bertz CT molecular complexity index is 869. The van der Waals surface area contributed by atoms with Crippen LogP contribution >= 0.6 is 11.6 Å². The first-order valence-corrected chi connectivity index (χ1v) is 7.35. The molecule has 0 saturated carbocycles. The second-order valence-corrected chi connectivity index (χ2v) is 6.17. The molecular weight excluding hydrogens is 339 g/mol. The predicted molar refractivity (Wildman–Crippen MR) is 86.4 cm³/mol. The number of hydrogen-bond donors (Lipinski definition) is 0. The van der Waals surface area contributed by atoms with Crippen molar-refractivity contribution in [3.05, 3.63) is 57.4 Å². The lowest BCUT2D eigenvalue weighted by Gasteiger charge is -2.38. The zero-order valence-corrected chi connectivity index (χ0v) is 13.5. The fourth-order valence-electron chi connectivity index (χ4n) is 2.48. The molecule has 1 aliphatic rings. The number of carbonyl (C=O) groups excluding carboxylic acids is 1. The minimum Gasteiger partial charge on any atom is -0.476 e. The molecule has 0 aromatic heterocycles. The number of amides is 1. The minimum atomic E-state index is -1.26. The highest BCUT2D eigenvalue weighted by molar-refractivity contribution is 6.34. The summed E-state index contributed by atoms with van der Waals surface area (Å²) in [5.74, 6) is -0.779. The lowest BCUT2D eigenvalue weighted by Crippen LogP contribution is -2.50. The second-order valence-electron chi connectivity index (χ2n) is 5.76. The molecule has 6 nitrogen and oxygen atoms in total. The molecule has 2 aromatic carbocycles. The fourth-order valence-corrected chi connectivity index (χ4v) is 2.73. The number of nitro benzene ring substituents is 1. The van der Waals surface area contributed by atoms with Gasteiger partial charge in [0, 0.05) is 6.07 Å². The van der Waals surface area contributed by atoms with E-state index in [0.29, 0.717) is 5.69 Å². The molecule has 0 unspecified atom stereocenters. The SMILES string of the molecule is CC1(C)Oc2cc([N+](=O)[O-])ccc2N(c2ccc(F)cc2Cl)C1=O. The number of halogens is 2. The van der Waals surface area contributed by atoms with Crippen LogP contribution in [0, 0.1) is 15.9 Å². The summed E-state index contributed by atoms with van der Waals surface area (Å²) in [4.78, 5) is 24.5. The van der Waals surface area contributed by atoms with E-state index in [2.05, 4.69) is 0 Å². The van der Waals surface area contributed by atoms with Gasteiger partial charge < -0.3 is 4.74 Å². The molecule has 0 radical (unpaired) electrons. The first-order valence-electron chi connectivity index (χ1n) is 6.98. The predicted octanol–water partition coefficient (Wildman–Crippen LogP) is 4.22. The number of rotatable bonds is 2. The van der Waals surface area contributed by atoms with Crippen molar-refractivity contribution < 1.29 is 18.8 Å². The number of benzene rings is 2. The number of anilines is 2. The van der Waals surface area contributed by atoms with E-state index in [4.69, 9.17) is 16.3 Å². The van der Waals surface area contributed by atoms with Gasteiger partial charge >= 0.3 is 0 Å². The molecule has 0 aliphatic carbocycles. The lowest BCUT2D eigenvalue weighted by molar-refractivity contribution is -0.385. The molecule has 0 atom stereocenters. The van der Waals surface area contributed by atoms with Crippen molar-refractivity contribution in [3.63, 3.8) is 0 Å². The van der Waals surface area contributed by atoms with E-state index in [9.17, 15) is 19.3 Å². The zero-order chi connectivity index (χ0) is 17.6. The van der Waals surface area contributed by atoms with Crippen LogP contribution in [-0.2, 0) is 4.79 Å². The van der Waals surface area contributed by atoms with Gasteiger partial charge in [-0.25, -0.2) is 4.39 Å². The number of ether oxygens (including phenoxy) is 1. The zero-order valence-electron chi connectivity index (χ0n) is 12.7. The third-order valence-corrected chi connectivity index (χ3v) is 3.93. The van der Waals surface area contributed by atoms with Crippen LogP contribution in [0.15, 0.2) is 36.4 Å². The summed E-state index contributed by atoms with van der Waals surface area (Å²) >= 11 is 6.09. The molecule has 0 saturated heterocycles. The van der Waals surface area contributed by atoms with Crippen LogP contribution < -0.4 is 9.64 Å². The Morgan fingerprint density at radius 3 is 2.50 bits per heavy atom. The van der Waals surface area contributed by atoms with Gasteiger partial charge in [-0.2, -0.15) is 0 Å². The Labute approximate surface area is 141 Å². The monoisotopic (exact) mass is 350 g/mol. The number of fused-ring (bicyclic) bond motifs is 1. The second kappa shape index (κ2) is 5.45. The number of nitrogens with zero attached hydrogens (tertiary/aromatic N) is 2. The molecule has 0 N–H and O–H groups in total. The largest absolute Gasteiger partial charge is 0.476 e. The number of carbonyl (C=O) groups is 1. The highest BCUT2D eigenvalue weighted by Crippen LogP contribution is 2.45. The van der Waals surface area contributed by atoms with Crippen LogP contribution in [0.5, 0.6) is 5.75 Å². The molecule has 124 valence electrons. The van der Waals surface area contributed by atoms with Gasteiger partial charge in [0.15, 0.2) is 11.4 Å². The number of nitro groups is 1. The fraction of sp³-hybridized carbons (Fsp3) is 0.188. The van der Waals surface area contributed by atoms with Crippen molar-refractivity contribution in [1.82, 2.24) is 0 Å². The summed E-state index contributed by atoms with van der Waals surface area (Å²) in [5.41, 5.74) is -0.850. The van der Waals surface area contributed by atoms with E-state index in [0.717, 1.165) is 6.07 Å². The van der Waals surface area contributed by atoms with Crippen LogP contribution in [0.4, 0.5) is 21.5 Å². The van der Waals surface area contributed by atoms with E-state index in [1.165, 1.54) is 35.2 Å². The van der Waals surface area contributed by atoms with E-state index in [1.807, 2.05) is 0 Å². The van der Waals surface area contributed by atoms with Crippen LogP contribution in [0.1, 0.15) is 13.8 Å². The van der Waals surface area contributed by atoms with E-state index >= 15 is 0 Å². The molecule has 0 spiro atoms. The minimum absolute atomic E-state index is 0.0466. The molecule has 2 aromatic rings. The van der Waals surface area contributed by atoms with Crippen LogP contribution in [0.2, 0.25) is 5.02 Å². The Kier molecular flexibility index (Phi) is 3.68. The Morgan fingerprint density at radius 2 is 1.88 bits per heavy atom. The van der Waals surface area contributed by atoms with Gasteiger partial charge in [-0.3, -0.25) is 19.8 Å². The molecule has 0 bridgehead atoms. The smallest absolute Gasteiger partial charge is 0.275 e. The Morgan fingerprint density at radius 1 is 1.21 bits per heavy atom. The van der Waals surface area contributed by atoms with E-state index < -0.39 is 22.2 Å². The summed E-state index contributed by atoms with van der Waals surface area (Å²) in [6.07, 6.45) is 0. The summed E-state index contributed by atoms with van der Waals surface area (Å²) in [7, 11) is 0. The topological polar surface area (TPSA) is 72.7 Å². The van der Waals surface area contributed by atoms with Crippen molar-refractivity contribution in [1.29, 1.82) is 0 Å². The molecule has 0 fully saturated rings. The van der Waals surface area contributed by atoms with Gasteiger partial charge in [-0.05, 0) is 38.1 Å². The van der Waals surface area contributed by atoms with Crippen LogP contribution in [0.3, 0.4) is 0 Å². The van der Waals surface area contributed by atoms with Gasteiger partial charge in [0.25, 0.3) is 11.6 Å². The molecule has 8 heteroatoms. The molecule has 1 heterocycles. The van der Waals surface area contributed by atoms with Crippen molar-refractivity contribution in [2.75, 3.05) is 4.90 Å². The first kappa shape index (κ1) is 16.2. The average molecular weight is 351 g/mol. The van der Waals surface area contributed by atoms with Crippen molar-refractivity contribution in [2.45, 2.75) is 19.4 Å².